The van der Waals surface area contributed by atoms with Crippen LogP contribution in [0.5, 0.6) is 0 Å². The zero-order chi connectivity index (χ0) is 20.9. The number of rotatable bonds is 5. The topological polar surface area (TPSA) is 81.0 Å². The van der Waals surface area contributed by atoms with Crippen molar-refractivity contribution in [3.63, 3.8) is 0 Å². The fraction of sp³-hybridized carbons (Fsp3) is 0.304. The third kappa shape index (κ3) is 4.39. The van der Waals surface area contributed by atoms with Crippen molar-refractivity contribution in [2.24, 2.45) is 0 Å². The van der Waals surface area contributed by atoms with Gasteiger partial charge in [0.25, 0.3) is 0 Å². The van der Waals surface area contributed by atoms with Crippen LogP contribution in [-0.4, -0.2) is 46.3 Å². The van der Waals surface area contributed by atoms with Crippen molar-refractivity contribution in [1.82, 2.24) is 20.1 Å². The van der Waals surface area contributed by atoms with Crippen molar-refractivity contribution in [3.8, 4) is 6.07 Å². The largest absolute Gasteiger partial charge is 0.354 e. The Morgan fingerprint density at radius 1 is 1.00 bits per heavy atom. The lowest BCUT2D eigenvalue weighted by molar-refractivity contribution is 0.249. The summed E-state index contributed by atoms with van der Waals surface area (Å²) in [5, 5.41) is 21.0. The molecule has 0 unspecified atom stereocenters. The van der Waals surface area contributed by atoms with E-state index in [9.17, 15) is 5.26 Å². The van der Waals surface area contributed by atoms with Gasteiger partial charge in [-0.25, -0.2) is 4.98 Å². The summed E-state index contributed by atoms with van der Waals surface area (Å²) in [4.78, 5) is 9.25. The number of hydrogen-bond acceptors (Lipinski definition) is 7. The van der Waals surface area contributed by atoms with Gasteiger partial charge in [-0.15, -0.1) is 5.10 Å². The second-order valence-corrected chi connectivity index (χ2v) is 7.52. The van der Waals surface area contributed by atoms with Crippen LogP contribution >= 0.6 is 0 Å². The van der Waals surface area contributed by atoms with Crippen LogP contribution in [0, 0.1) is 25.2 Å². The van der Waals surface area contributed by atoms with Gasteiger partial charge in [0.15, 0.2) is 5.82 Å². The van der Waals surface area contributed by atoms with Gasteiger partial charge in [-0.1, -0.05) is 18.2 Å². The zero-order valence-corrected chi connectivity index (χ0v) is 17.3. The summed E-state index contributed by atoms with van der Waals surface area (Å²) in [7, 11) is 0. The molecule has 152 valence electrons. The molecule has 1 aromatic carbocycles. The smallest absolute Gasteiger partial charge is 0.171 e. The third-order valence-corrected chi connectivity index (χ3v) is 5.53. The maximum Gasteiger partial charge on any atom is 0.171 e. The maximum absolute atomic E-state index is 9.45. The minimum atomic E-state index is 0.499. The molecule has 7 nitrogen and oxygen atoms in total. The monoisotopic (exact) mass is 399 g/mol. The van der Waals surface area contributed by atoms with Gasteiger partial charge in [0, 0.05) is 44.6 Å². The number of anilines is 3. The molecule has 1 saturated heterocycles. The van der Waals surface area contributed by atoms with Gasteiger partial charge < -0.3 is 10.2 Å². The number of hydrogen-bond donors (Lipinski definition) is 1. The minimum Gasteiger partial charge on any atom is -0.354 e. The Morgan fingerprint density at radius 3 is 2.43 bits per heavy atom. The van der Waals surface area contributed by atoms with Gasteiger partial charge in [-0.05, 0) is 49.2 Å². The molecule has 4 rings (SSSR count). The van der Waals surface area contributed by atoms with Gasteiger partial charge in [-0.2, -0.15) is 10.4 Å². The van der Waals surface area contributed by atoms with E-state index in [2.05, 4.69) is 54.6 Å². The molecular formula is C23H25N7. The second kappa shape index (κ2) is 8.89. The summed E-state index contributed by atoms with van der Waals surface area (Å²) in [6, 6.07) is 16.6. The predicted molar refractivity (Wildman–Crippen MR) is 118 cm³/mol. The van der Waals surface area contributed by atoms with Crippen molar-refractivity contribution in [2.75, 3.05) is 36.4 Å². The highest BCUT2D eigenvalue weighted by Gasteiger charge is 2.18. The van der Waals surface area contributed by atoms with Crippen LogP contribution in [0.3, 0.4) is 0 Å². The number of aromatic nitrogens is 3. The molecule has 7 heteroatoms. The van der Waals surface area contributed by atoms with Crippen LogP contribution in [0.4, 0.5) is 17.3 Å². The molecule has 30 heavy (non-hydrogen) atoms. The molecule has 0 saturated carbocycles. The highest BCUT2D eigenvalue weighted by atomic mass is 15.3. The Bertz CT molecular complexity index is 1030. The summed E-state index contributed by atoms with van der Waals surface area (Å²) < 4.78 is 0. The molecule has 0 radical (unpaired) electrons. The third-order valence-electron chi connectivity index (χ3n) is 5.53. The lowest BCUT2D eigenvalue weighted by atomic mass is 10.1. The number of aryl methyl sites for hydroxylation is 1. The van der Waals surface area contributed by atoms with Crippen LogP contribution < -0.4 is 10.2 Å². The van der Waals surface area contributed by atoms with Gasteiger partial charge >= 0.3 is 0 Å². The average molecular weight is 400 g/mol. The van der Waals surface area contributed by atoms with E-state index in [-0.39, 0.29) is 0 Å². The Kier molecular flexibility index (Phi) is 5.87. The predicted octanol–water partition coefficient (Wildman–Crippen LogP) is 3.43. The molecule has 1 aliphatic rings. The Morgan fingerprint density at radius 2 is 1.77 bits per heavy atom. The standard InChI is InChI=1S/C23H25N7/c1-17-18(2)27-28-23(21(17)15-24)26-20-8-6-19(7-9-20)16-29-11-13-30(14-12-29)22-5-3-4-10-25-22/h3-10H,11-14,16H2,1-2H3,(H,26,28). The fourth-order valence-corrected chi connectivity index (χ4v) is 3.60. The van der Waals surface area contributed by atoms with E-state index in [1.165, 1.54) is 5.56 Å². The highest BCUT2D eigenvalue weighted by molar-refractivity contribution is 5.64. The van der Waals surface area contributed by atoms with E-state index in [0.717, 1.165) is 55.5 Å². The number of piperazine rings is 1. The van der Waals surface area contributed by atoms with Crippen molar-refractivity contribution >= 4 is 17.3 Å². The van der Waals surface area contributed by atoms with Crippen LogP contribution in [0.25, 0.3) is 0 Å². The molecule has 0 spiro atoms. The summed E-state index contributed by atoms with van der Waals surface area (Å²) in [6.45, 7) is 8.67. The summed E-state index contributed by atoms with van der Waals surface area (Å²) in [5.74, 6) is 1.55. The zero-order valence-electron chi connectivity index (χ0n) is 17.3. The van der Waals surface area contributed by atoms with Crippen molar-refractivity contribution in [3.05, 3.63) is 71.0 Å². The lowest BCUT2D eigenvalue weighted by Gasteiger charge is -2.35. The number of pyridine rings is 1. The van der Waals surface area contributed by atoms with E-state index >= 15 is 0 Å². The van der Waals surface area contributed by atoms with Crippen molar-refractivity contribution in [2.45, 2.75) is 20.4 Å². The van der Waals surface area contributed by atoms with Crippen LogP contribution in [0.1, 0.15) is 22.4 Å². The molecule has 0 aliphatic carbocycles. The first-order valence-electron chi connectivity index (χ1n) is 10.1. The number of nitrogens with one attached hydrogen (secondary N) is 1. The number of nitriles is 1. The number of benzene rings is 1. The molecule has 0 amide bonds. The molecule has 3 heterocycles. The van der Waals surface area contributed by atoms with E-state index in [1.54, 1.807) is 0 Å². The minimum absolute atomic E-state index is 0.499. The molecule has 3 aromatic rings. The molecule has 1 N–H and O–H groups in total. The normalized spacial score (nSPS) is 14.4. The van der Waals surface area contributed by atoms with Gasteiger partial charge in [-0.3, -0.25) is 4.90 Å². The molecule has 1 fully saturated rings. The Balaban J connectivity index is 1.35. The molecule has 2 aromatic heterocycles. The summed E-state index contributed by atoms with van der Waals surface area (Å²) in [5.41, 5.74) is 4.33. The average Bonchev–Trinajstić information content (AvgIpc) is 2.79. The first kappa shape index (κ1) is 19.8. The maximum atomic E-state index is 9.45. The van der Waals surface area contributed by atoms with Crippen LogP contribution in [0.2, 0.25) is 0 Å². The van der Waals surface area contributed by atoms with Crippen LogP contribution in [-0.2, 0) is 6.54 Å². The number of nitrogens with zero attached hydrogens (tertiary/aromatic N) is 6. The fourth-order valence-electron chi connectivity index (χ4n) is 3.60. The SMILES string of the molecule is Cc1nnc(Nc2ccc(CN3CCN(c4ccccn4)CC3)cc2)c(C#N)c1C. The lowest BCUT2D eigenvalue weighted by Crippen LogP contribution is -2.46. The van der Waals surface area contributed by atoms with E-state index < -0.39 is 0 Å². The highest BCUT2D eigenvalue weighted by Crippen LogP contribution is 2.22. The van der Waals surface area contributed by atoms with Gasteiger partial charge in [0.05, 0.1) is 5.69 Å². The first-order valence-corrected chi connectivity index (χ1v) is 10.1. The van der Waals surface area contributed by atoms with Crippen molar-refractivity contribution in [1.29, 1.82) is 5.26 Å². The quantitative estimate of drug-likeness (QED) is 0.704. The van der Waals surface area contributed by atoms with Gasteiger partial charge in [0.1, 0.15) is 17.5 Å². The van der Waals surface area contributed by atoms with E-state index in [1.807, 2.05) is 44.3 Å². The molecular weight excluding hydrogens is 374 g/mol. The summed E-state index contributed by atoms with van der Waals surface area (Å²) in [6.07, 6.45) is 1.85. The molecule has 0 bridgehead atoms. The van der Waals surface area contributed by atoms with E-state index in [0.29, 0.717) is 11.4 Å². The molecule has 0 atom stereocenters. The van der Waals surface area contributed by atoms with E-state index in [4.69, 9.17) is 0 Å². The summed E-state index contributed by atoms with van der Waals surface area (Å²) >= 11 is 0. The Labute approximate surface area is 177 Å². The first-order chi connectivity index (χ1) is 14.6. The molecule has 1 aliphatic heterocycles. The Hall–Kier alpha value is -3.50. The van der Waals surface area contributed by atoms with Crippen LogP contribution in [0.15, 0.2) is 48.7 Å². The van der Waals surface area contributed by atoms with Gasteiger partial charge in [0.2, 0.25) is 0 Å². The van der Waals surface area contributed by atoms with Crippen molar-refractivity contribution < 1.29 is 0 Å². The second-order valence-electron chi connectivity index (χ2n) is 7.52.